The average molecular weight is 396 g/mol. The molecule has 0 aromatic heterocycles. The van der Waals surface area contributed by atoms with Crippen LogP contribution in [-0.4, -0.2) is 38.2 Å². The van der Waals surface area contributed by atoms with Crippen LogP contribution >= 0.6 is 0 Å². The molecule has 6 nitrogen and oxygen atoms in total. The van der Waals surface area contributed by atoms with Gasteiger partial charge in [0.15, 0.2) is 15.9 Å². The third kappa shape index (κ3) is 6.34. The number of carbonyl (C=O) groups excluding carboxylic acids is 2. The SMILES string of the molecule is Cc1ccc(S(=O)(=O)CCC(=O)O[C@@H](C)C(=O)N[C@H]2CCCC[C@@H]2C)cc1. The third-order valence-electron chi connectivity index (χ3n) is 5.07. The zero-order valence-electron chi connectivity index (χ0n) is 16.2. The summed E-state index contributed by atoms with van der Waals surface area (Å²) in [6.45, 7) is 5.49. The first-order valence-corrected chi connectivity index (χ1v) is 11.1. The van der Waals surface area contributed by atoms with Gasteiger partial charge in [-0.15, -0.1) is 0 Å². The van der Waals surface area contributed by atoms with Crippen molar-refractivity contribution in [1.82, 2.24) is 5.32 Å². The first-order valence-electron chi connectivity index (χ1n) is 9.48. The zero-order valence-corrected chi connectivity index (χ0v) is 17.1. The van der Waals surface area contributed by atoms with E-state index in [-0.39, 0.29) is 29.0 Å². The second kappa shape index (κ2) is 9.35. The first-order chi connectivity index (χ1) is 12.7. The van der Waals surface area contributed by atoms with Gasteiger partial charge in [0.05, 0.1) is 17.1 Å². The minimum Gasteiger partial charge on any atom is -0.453 e. The highest BCUT2D eigenvalue weighted by molar-refractivity contribution is 7.91. The maximum Gasteiger partial charge on any atom is 0.307 e. The highest BCUT2D eigenvalue weighted by atomic mass is 32.2. The number of aryl methyl sites for hydroxylation is 1. The average Bonchev–Trinajstić information content (AvgIpc) is 2.62. The van der Waals surface area contributed by atoms with Crippen LogP contribution < -0.4 is 5.32 Å². The van der Waals surface area contributed by atoms with E-state index in [1.54, 1.807) is 12.1 Å². The van der Waals surface area contributed by atoms with Crippen LogP contribution in [0.4, 0.5) is 0 Å². The Kier molecular flexibility index (Phi) is 7.41. The standard InChI is InChI=1S/C20H29NO5S/c1-14-8-10-17(11-9-14)27(24,25)13-12-19(22)26-16(3)20(23)21-18-7-5-4-6-15(18)2/h8-11,15-16,18H,4-7,12-13H2,1-3H3,(H,21,23)/t15-,16-,18-/m0/s1. The lowest BCUT2D eigenvalue weighted by Crippen LogP contribution is -2.46. The number of nitrogens with one attached hydrogen (secondary N) is 1. The summed E-state index contributed by atoms with van der Waals surface area (Å²) < 4.78 is 29.7. The van der Waals surface area contributed by atoms with Crippen LogP contribution in [0.5, 0.6) is 0 Å². The van der Waals surface area contributed by atoms with Crippen LogP contribution in [0.15, 0.2) is 29.2 Å². The lowest BCUT2D eigenvalue weighted by molar-refractivity contribution is -0.154. The largest absolute Gasteiger partial charge is 0.453 e. The maximum atomic E-state index is 12.3. The van der Waals surface area contributed by atoms with Crippen LogP contribution in [-0.2, 0) is 24.2 Å². The molecule has 1 aromatic carbocycles. The number of ether oxygens (including phenoxy) is 1. The van der Waals surface area contributed by atoms with Gasteiger partial charge < -0.3 is 10.1 Å². The molecule has 1 fully saturated rings. The third-order valence-corrected chi connectivity index (χ3v) is 6.80. The summed E-state index contributed by atoms with van der Waals surface area (Å²) in [6, 6.07) is 6.58. The second-order valence-electron chi connectivity index (χ2n) is 7.39. The molecule has 1 aliphatic carbocycles. The number of esters is 1. The van der Waals surface area contributed by atoms with Crippen molar-refractivity contribution in [2.24, 2.45) is 5.92 Å². The van der Waals surface area contributed by atoms with Gasteiger partial charge in [0.1, 0.15) is 0 Å². The van der Waals surface area contributed by atoms with Crippen molar-refractivity contribution in [3.05, 3.63) is 29.8 Å². The predicted octanol–water partition coefficient (Wildman–Crippen LogP) is 2.79. The highest BCUT2D eigenvalue weighted by Gasteiger charge is 2.26. The molecule has 0 saturated heterocycles. The molecule has 7 heteroatoms. The Morgan fingerprint density at radius 1 is 1.19 bits per heavy atom. The zero-order chi connectivity index (χ0) is 20.0. The van der Waals surface area contributed by atoms with Gasteiger partial charge in [-0.25, -0.2) is 8.42 Å². The summed E-state index contributed by atoms with van der Waals surface area (Å²) in [5.41, 5.74) is 0.959. The van der Waals surface area contributed by atoms with Gasteiger partial charge in [0.2, 0.25) is 0 Å². The summed E-state index contributed by atoms with van der Waals surface area (Å²) in [5, 5.41) is 2.94. The summed E-state index contributed by atoms with van der Waals surface area (Å²) in [7, 11) is -3.56. The fourth-order valence-corrected chi connectivity index (χ4v) is 4.44. The number of amides is 1. The molecule has 0 heterocycles. The van der Waals surface area contributed by atoms with E-state index in [1.165, 1.54) is 25.5 Å². The minimum absolute atomic E-state index is 0.106. The minimum atomic E-state index is -3.56. The first kappa shape index (κ1) is 21.4. The Morgan fingerprint density at radius 2 is 1.81 bits per heavy atom. The van der Waals surface area contributed by atoms with Gasteiger partial charge in [-0.05, 0) is 44.7 Å². The van der Waals surface area contributed by atoms with Crippen LogP contribution in [0.2, 0.25) is 0 Å². The van der Waals surface area contributed by atoms with Crippen molar-refractivity contribution in [3.8, 4) is 0 Å². The summed E-state index contributed by atoms with van der Waals surface area (Å²) in [5.74, 6) is -0.957. The van der Waals surface area contributed by atoms with Crippen molar-refractivity contribution >= 4 is 21.7 Å². The Bertz CT molecular complexity index is 757. The van der Waals surface area contributed by atoms with Gasteiger partial charge in [-0.1, -0.05) is 37.5 Å². The molecule has 150 valence electrons. The fourth-order valence-electron chi connectivity index (χ4n) is 3.22. The molecule has 0 spiro atoms. The van der Waals surface area contributed by atoms with E-state index in [4.69, 9.17) is 4.74 Å². The predicted molar refractivity (Wildman–Crippen MR) is 103 cm³/mol. The Balaban J connectivity index is 1.81. The van der Waals surface area contributed by atoms with Crippen LogP contribution in [0.25, 0.3) is 0 Å². The molecule has 0 bridgehead atoms. The summed E-state index contributed by atoms with van der Waals surface area (Å²) in [6.07, 6.45) is 3.05. The normalized spacial score (nSPS) is 21.3. The van der Waals surface area contributed by atoms with E-state index < -0.39 is 21.9 Å². The smallest absolute Gasteiger partial charge is 0.307 e. The van der Waals surface area contributed by atoms with E-state index >= 15 is 0 Å². The Hall–Kier alpha value is -1.89. The van der Waals surface area contributed by atoms with Crippen molar-refractivity contribution in [2.45, 2.75) is 69.9 Å². The van der Waals surface area contributed by atoms with Gasteiger partial charge in [0.25, 0.3) is 5.91 Å². The molecule has 3 atom stereocenters. The summed E-state index contributed by atoms with van der Waals surface area (Å²) in [4.78, 5) is 24.4. The number of hydrogen-bond donors (Lipinski definition) is 1. The second-order valence-corrected chi connectivity index (χ2v) is 9.50. The number of carbonyl (C=O) groups is 2. The van der Waals surface area contributed by atoms with Crippen LogP contribution in [0.1, 0.15) is 51.5 Å². The summed E-state index contributed by atoms with van der Waals surface area (Å²) >= 11 is 0. The van der Waals surface area contributed by atoms with Gasteiger partial charge in [-0.3, -0.25) is 9.59 Å². The molecular weight excluding hydrogens is 366 g/mol. The lowest BCUT2D eigenvalue weighted by Gasteiger charge is -2.30. The lowest BCUT2D eigenvalue weighted by atomic mass is 9.86. The molecule has 1 aliphatic rings. The molecule has 1 aromatic rings. The van der Waals surface area contributed by atoms with Gasteiger partial charge in [-0.2, -0.15) is 0 Å². The fraction of sp³-hybridized carbons (Fsp3) is 0.600. The maximum absolute atomic E-state index is 12.3. The van der Waals surface area contributed by atoms with Gasteiger partial charge >= 0.3 is 5.97 Å². The Morgan fingerprint density at radius 3 is 2.44 bits per heavy atom. The number of benzene rings is 1. The number of sulfone groups is 1. The van der Waals surface area contributed by atoms with Crippen molar-refractivity contribution in [1.29, 1.82) is 0 Å². The van der Waals surface area contributed by atoms with Gasteiger partial charge in [0, 0.05) is 6.04 Å². The van der Waals surface area contributed by atoms with E-state index in [0.29, 0.717) is 5.92 Å². The van der Waals surface area contributed by atoms with E-state index in [1.807, 2.05) is 6.92 Å². The van der Waals surface area contributed by atoms with E-state index in [0.717, 1.165) is 24.8 Å². The van der Waals surface area contributed by atoms with Crippen molar-refractivity contribution < 1.29 is 22.7 Å². The molecule has 0 radical (unpaired) electrons. The van der Waals surface area contributed by atoms with E-state index in [2.05, 4.69) is 12.2 Å². The Labute approximate surface area is 161 Å². The molecule has 1 saturated carbocycles. The molecule has 0 unspecified atom stereocenters. The highest BCUT2D eigenvalue weighted by Crippen LogP contribution is 2.23. The molecule has 1 N–H and O–H groups in total. The quantitative estimate of drug-likeness (QED) is 0.717. The van der Waals surface area contributed by atoms with Crippen LogP contribution in [0, 0.1) is 12.8 Å². The van der Waals surface area contributed by atoms with E-state index in [9.17, 15) is 18.0 Å². The topological polar surface area (TPSA) is 89.5 Å². The number of rotatable bonds is 7. The molecule has 1 amide bonds. The van der Waals surface area contributed by atoms with Crippen LogP contribution in [0.3, 0.4) is 0 Å². The number of hydrogen-bond acceptors (Lipinski definition) is 5. The molecule has 0 aliphatic heterocycles. The van der Waals surface area contributed by atoms with Crippen molar-refractivity contribution in [3.63, 3.8) is 0 Å². The monoisotopic (exact) mass is 395 g/mol. The molecule has 27 heavy (non-hydrogen) atoms. The van der Waals surface area contributed by atoms with Crippen molar-refractivity contribution in [2.75, 3.05) is 5.75 Å². The molecular formula is C20H29NO5S. The molecule has 2 rings (SSSR count).